The molecule has 0 amide bonds. The molecule has 0 radical (unpaired) electrons. The lowest BCUT2D eigenvalue weighted by molar-refractivity contribution is 0.995. The van der Waals surface area contributed by atoms with E-state index in [1.165, 1.54) is 0 Å². The van der Waals surface area contributed by atoms with E-state index in [1.807, 2.05) is 13.2 Å². The summed E-state index contributed by atoms with van der Waals surface area (Å²) in [6.45, 7) is 0.877. The summed E-state index contributed by atoms with van der Waals surface area (Å²) in [4.78, 5) is 6.88. The van der Waals surface area contributed by atoms with Crippen LogP contribution in [0.4, 0.5) is 0 Å². The maximum atomic E-state index is 3.96. The van der Waals surface area contributed by atoms with E-state index in [-0.39, 0.29) is 0 Å². The van der Waals surface area contributed by atoms with Crippen molar-refractivity contribution in [2.45, 2.75) is 6.42 Å². The maximum Gasteiger partial charge on any atom is 0.0921 e. The minimum Gasteiger partial charge on any atom is -0.665 e. The van der Waals surface area contributed by atoms with Gasteiger partial charge in [0.15, 0.2) is 0 Å². The normalized spacial score (nSPS) is 9.89. The van der Waals surface area contributed by atoms with E-state index in [2.05, 4.69) is 15.3 Å². The van der Waals surface area contributed by atoms with Gasteiger partial charge in [-0.15, -0.1) is 6.54 Å². The summed E-state index contributed by atoms with van der Waals surface area (Å²) in [6.07, 6.45) is 4.48. The van der Waals surface area contributed by atoms with Crippen molar-refractivity contribution in [1.82, 2.24) is 9.97 Å². The third-order valence-electron chi connectivity index (χ3n) is 1.16. The molecule has 0 saturated carbocycles. The first-order valence-corrected chi connectivity index (χ1v) is 2.96. The quantitative estimate of drug-likeness (QED) is 0.640. The highest BCUT2D eigenvalue weighted by Gasteiger charge is 1.85. The third-order valence-corrected chi connectivity index (χ3v) is 1.16. The second kappa shape index (κ2) is 3.25. The van der Waals surface area contributed by atoms with Crippen LogP contribution in [0.5, 0.6) is 0 Å². The Bertz CT molecular complexity index is 145. The summed E-state index contributed by atoms with van der Waals surface area (Å²) in [5.74, 6) is 0. The Kier molecular flexibility index (Phi) is 2.27. The predicted octanol–water partition coefficient (Wildman–Crippen LogP) is 0.956. The predicted molar refractivity (Wildman–Crippen MR) is 36.4 cm³/mol. The van der Waals surface area contributed by atoms with Gasteiger partial charge in [-0.1, -0.05) is 0 Å². The number of nitrogens with zero attached hydrogens (tertiary/aromatic N) is 2. The summed E-state index contributed by atoms with van der Waals surface area (Å²) in [6, 6.07) is 0. The van der Waals surface area contributed by atoms with Crippen LogP contribution >= 0.6 is 0 Å². The van der Waals surface area contributed by atoms with Crippen molar-refractivity contribution in [3.05, 3.63) is 23.5 Å². The molecule has 0 aliphatic carbocycles. The highest BCUT2D eigenvalue weighted by Crippen LogP contribution is 1.93. The highest BCUT2D eigenvalue weighted by atomic mass is 14.9. The molecule has 9 heavy (non-hydrogen) atoms. The lowest BCUT2D eigenvalue weighted by atomic mass is 10.3. The summed E-state index contributed by atoms with van der Waals surface area (Å²) in [7, 11) is 1.82. The van der Waals surface area contributed by atoms with Crippen molar-refractivity contribution in [2.24, 2.45) is 0 Å². The van der Waals surface area contributed by atoms with Gasteiger partial charge in [-0.2, -0.15) is 7.05 Å². The van der Waals surface area contributed by atoms with E-state index in [9.17, 15) is 0 Å². The minimum absolute atomic E-state index is 0.877. The zero-order valence-corrected chi connectivity index (χ0v) is 5.46. The van der Waals surface area contributed by atoms with Gasteiger partial charge < -0.3 is 10.3 Å². The van der Waals surface area contributed by atoms with Crippen LogP contribution in [0, 0.1) is 0 Å². The van der Waals surface area contributed by atoms with Crippen LogP contribution in [0.3, 0.4) is 0 Å². The molecule has 1 rings (SSSR count). The molecule has 1 N–H and O–H groups in total. The molecule has 3 nitrogen and oxygen atoms in total. The summed E-state index contributed by atoms with van der Waals surface area (Å²) < 4.78 is 0. The van der Waals surface area contributed by atoms with Gasteiger partial charge in [-0.25, -0.2) is 4.98 Å². The van der Waals surface area contributed by atoms with Gasteiger partial charge in [0.2, 0.25) is 0 Å². The number of hydrogen-bond acceptors (Lipinski definition) is 1. The Balaban J connectivity index is 2.30. The topological polar surface area (TPSA) is 42.8 Å². The largest absolute Gasteiger partial charge is 0.665 e. The Morgan fingerprint density at radius 3 is 3.22 bits per heavy atom. The zero-order valence-electron chi connectivity index (χ0n) is 5.46. The van der Waals surface area contributed by atoms with Crippen LogP contribution in [-0.4, -0.2) is 23.6 Å². The van der Waals surface area contributed by atoms with Crippen LogP contribution < -0.4 is 0 Å². The smallest absolute Gasteiger partial charge is 0.0921 e. The Morgan fingerprint density at radius 2 is 2.67 bits per heavy atom. The summed E-state index contributed by atoms with van der Waals surface area (Å²) in [5, 5.41) is 3.96. The lowest BCUT2D eigenvalue weighted by Gasteiger charge is -2.07. The van der Waals surface area contributed by atoms with Crippen LogP contribution in [0.15, 0.2) is 12.5 Å². The SMILES string of the molecule is C[N-]CCc1cnc[nH]1. The molecule has 0 spiro atoms. The monoisotopic (exact) mass is 124 g/mol. The first-order chi connectivity index (χ1) is 4.43. The molecular weight excluding hydrogens is 114 g/mol. The molecule has 0 atom stereocenters. The van der Waals surface area contributed by atoms with E-state index in [1.54, 1.807) is 6.33 Å². The van der Waals surface area contributed by atoms with E-state index >= 15 is 0 Å². The number of nitrogens with one attached hydrogen (secondary N) is 1. The molecule has 0 unspecified atom stereocenters. The molecule has 50 valence electrons. The molecule has 0 bridgehead atoms. The van der Waals surface area contributed by atoms with Crippen molar-refractivity contribution in [3.63, 3.8) is 0 Å². The van der Waals surface area contributed by atoms with Gasteiger partial charge in [0, 0.05) is 11.9 Å². The summed E-state index contributed by atoms with van der Waals surface area (Å²) in [5.41, 5.74) is 1.15. The average Bonchev–Trinajstić information content (AvgIpc) is 2.34. The van der Waals surface area contributed by atoms with E-state index in [0.29, 0.717) is 0 Å². The van der Waals surface area contributed by atoms with Crippen LogP contribution in [0.25, 0.3) is 5.32 Å². The number of aromatic nitrogens is 2. The van der Waals surface area contributed by atoms with Gasteiger partial charge in [-0.3, -0.25) is 0 Å². The molecule has 0 aliphatic rings. The fraction of sp³-hybridized carbons (Fsp3) is 0.500. The first-order valence-electron chi connectivity index (χ1n) is 2.96. The van der Waals surface area contributed by atoms with Crippen molar-refractivity contribution in [3.8, 4) is 0 Å². The van der Waals surface area contributed by atoms with Crippen molar-refractivity contribution >= 4 is 0 Å². The van der Waals surface area contributed by atoms with Gasteiger partial charge in [0.25, 0.3) is 0 Å². The van der Waals surface area contributed by atoms with Crippen LogP contribution in [0.2, 0.25) is 0 Å². The second-order valence-corrected chi connectivity index (χ2v) is 1.87. The highest BCUT2D eigenvalue weighted by molar-refractivity contribution is 4.96. The van der Waals surface area contributed by atoms with Gasteiger partial charge >= 0.3 is 0 Å². The number of imidazole rings is 1. The first kappa shape index (κ1) is 6.29. The Labute approximate surface area is 54.5 Å². The molecule has 0 fully saturated rings. The molecule has 1 aromatic rings. The van der Waals surface area contributed by atoms with E-state index in [4.69, 9.17) is 0 Å². The fourth-order valence-electron chi connectivity index (χ4n) is 0.654. The van der Waals surface area contributed by atoms with Gasteiger partial charge in [-0.05, 0) is 6.42 Å². The van der Waals surface area contributed by atoms with Crippen molar-refractivity contribution in [1.29, 1.82) is 0 Å². The number of hydrogen-bond donors (Lipinski definition) is 1. The molecule has 0 aromatic carbocycles. The molecule has 1 heterocycles. The number of likely N-dealkylation sites (N-methyl/N-ethyl adjacent to an activating group) is 1. The Morgan fingerprint density at radius 1 is 1.78 bits per heavy atom. The van der Waals surface area contributed by atoms with Crippen LogP contribution in [0.1, 0.15) is 5.69 Å². The lowest BCUT2D eigenvalue weighted by Crippen LogP contribution is -1.88. The summed E-state index contributed by atoms with van der Waals surface area (Å²) >= 11 is 0. The van der Waals surface area contributed by atoms with Gasteiger partial charge in [0.05, 0.1) is 6.33 Å². The van der Waals surface area contributed by atoms with Crippen LogP contribution in [-0.2, 0) is 6.42 Å². The van der Waals surface area contributed by atoms with Crippen molar-refractivity contribution < 1.29 is 0 Å². The standard InChI is InChI=1S/C6H10N3/c1-7-3-2-6-4-8-5-9-6/h4-5H,2-3H2,1H3,(H,8,9)/q-1. The number of aromatic amines is 1. The van der Waals surface area contributed by atoms with E-state index < -0.39 is 0 Å². The minimum atomic E-state index is 0.877. The third kappa shape index (κ3) is 1.85. The molecule has 1 aromatic heterocycles. The molecule has 0 saturated heterocycles. The maximum absolute atomic E-state index is 3.96. The molecule has 0 aliphatic heterocycles. The fourth-order valence-corrected chi connectivity index (χ4v) is 0.654. The second-order valence-electron chi connectivity index (χ2n) is 1.87. The van der Waals surface area contributed by atoms with Gasteiger partial charge in [0.1, 0.15) is 0 Å². The van der Waals surface area contributed by atoms with Crippen molar-refractivity contribution in [2.75, 3.05) is 13.6 Å². The Hall–Kier alpha value is -0.830. The zero-order chi connectivity index (χ0) is 6.53. The number of H-pyrrole nitrogens is 1. The molecule has 3 heteroatoms. The average molecular weight is 124 g/mol. The number of rotatable bonds is 3. The van der Waals surface area contributed by atoms with E-state index in [0.717, 1.165) is 18.7 Å². The molecular formula is C6H10N3-.